The second-order valence-electron chi connectivity index (χ2n) is 7.93. The zero-order valence-corrected chi connectivity index (χ0v) is 17.2. The van der Waals surface area contributed by atoms with Crippen LogP contribution in [0.5, 0.6) is 0 Å². The Morgan fingerprint density at radius 1 is 1.21 bits per heavy atom. The van der Waals surface area contributed by atoms with Crippen LogP contribution in [0, 0.1) is 5.41 Å². The van der Waals surface area contributed by atoms with Crippen LogP contribution in [-0.4, -0.2) is 37.9 Å². The van der Waals surface area contributed by atoms with Crippen molar-refractivity contribution in [2.75, 3.05) is 24.1 Å². The lowest BCUT2D eigenvalue weighted by molar-refractivity contribution is 0.0696. The molecule has 0 saturated heterocycles. The summed E-state index contributed by atoms with van der Waals surface area (Å²) in [5, 5.41) is 12.7. The first-order valence-electron chi connectivity index (χ1n) is 8.92. The molecule has 0 aromatic heterocycles. The number of carboxylic acid groups (broad SMARTS) is 1. The summed E-state index contributed by atoms with van der Waals surface area (Å²) in [6.07, 6.45) is 0.703. The molecule has 0 saturated carbocycles. The molecule has 0 amide bonds. The van der Waals surface area contributed by atoms with Crippen molar-refractivity contribution in [3.05, 3.63) is 59.2 Å². The van der Waals surface area contributed by atoms with Crippen molar-refractivity contribution in [3.8, 4) is 0 Å². The smallest absolute Gasteiger partial charge is 0.335 e. The molecule has 2 aromatic rings. The molecule has 0 bridgehead atoms. The minimum atomic E-state index is -3.58. The number of hydrogen-bond acceptors (Lipinski definition) is 4. The standard InChI is InChI=1S/C20H25N3O4S/c1-20(2)12-15-10-14(19(24)25)8-9-17(15)21-18(20)13-6-5-7-16(11-13)22-28(26,27)23(3)4/h5-11,18,21-22H,12H2,1-4H3,(H,24,25). The molecule has 7 nitrogen and oxygen atoms in total. The van der Waals surface area contributed by atoms with E-state index < -0.39 is 16.2 Å². The summed E-state index contributed by atoms with van der Waals surface area (Å²) >= 11 is 0. The van der Waals surface area contributed by atoms with Crippen molar-refractivity contribution in [3.63, 3.8) is 0 Å². The molecule has 3 N–H and O–H groups in total. The highest BCUT2D eigenvalue weighted by molar-refractivity contribution is 7.90. The Labute approximate surface area is 165 Å². The van der Waals surface area contributed by atoms with Gasteiger partial charge in [0.05, 0.1) is 17.3 Å². The van der Waals surface area contributed by atoms with Gasteiger partial charge in [0, 0.05) is 19.8 Å². The number of anilines is 2. The van der Waals surface area contributed by atoms with Crippen LogP contribution < -0.4 is 10.0 Å². The van der Waals surface area contributed by atoms with Crippen molar-refractivity contribution in [2.45, 2.75) is 26.3 Å². The van der Waals surface area contributed by atoms with Crippen LogP contribution in [0.1, 0.15) is 41.4 Å². The second kappa shape index (κ2) is 7.10. The Hall–Kier alpha value is -2.58. The maximum Gasteiger partial charge on any atom is 0.335 e. The zero-order chi connectivity index (χ0) is 20.7. The topological polar surface area (TPSA) is 98.7 Å². The third kappa shape index (κ3) is 3.98. The number of carbonyl (C=O) groups is 1. The molecule has 0 spiro atoms. The fourth-order valence-corrected chi connectivity index (χ4v) is 4.12. The lowest BCUT2D eigenvalue weighted by Gasteiger charge is -2.41. The van der Waals surface area contributed by atoms with E-state index in [1.54, 1.807) is 24.3 Å². The largest absolute Gasteiger partial charge is 0.478 e. The van der Waals surface area contributed by atoms with E-state index in [0.717, 1.165) is 21.1 Å². The van der Waals surface area contributed by atoms with Gasteiger partial charge >= 0.3 is 16.2 Å². The van der Waals surface area contributed by atoms with Gasteiger partial charge in [-0.05, 0) is 53.3 Å². The Bertz CT molecular complexity index is 1020. The molecular weight excluding hydrogens is 378 g/mol. The van der Waals surface area contributed by atoms with Gasteiger partial charge in [-0.15, -0.1) is 0 Å². The molecule has 1 heterocycles. The number of aromatic carboxylic acids is 1. The van der Waals surface area contributed by atoms with E-state index in [-0.39, 0.29) is 17.0 Å². The SMILES string of the molecule is CN(C)S(=O)(=O)Nc1cccc(C2Nc3ccc(C(=O)O)cc3CC2(C)C)c1. The molecule has 0 radical (unpaired) electrons. The van der Waals surface area contributed by atoms with E-state index >= 15 is 0 Å². The fourth-order valence-electron chi connectivity index (χ4n) is 3.51. The second-order valence-corrected chi connectivity index (χ2v) is 9.82. The Morgan fingerprint density at radius 3 is 2.57 bits per heavy atom. The van der Waals surface area contributed by atoms with Crippen LogP contribution in [0.15, 0.2) is 42.5 Å². The van der Waals surface area contributed by atoms with E-state index in [2.05, 4.69) is 23.9 Å². The zero-order valence-electron chi connectivity index (χ0n) is 16.4. The van der Waals surface area contributed by atoms with E-state index in [9.17, 15) is 18.3 Å². The van der Waals surface area contributed by atoms with Crippen molar-refractivity contribution in [1.29, 1.82) is 0 Å². The van der Waals surface area contributed by atoms with E-state index in [1.165, 1.54) is 14.1 Å². The molecule has 1 unspecified atom stereocenters. The van der Waals surface area contributed by atoms with Crippen LogP contribution in [0.2, 0.25) is 0 Å². The molecule has 8 heteroatoms. The summed E-state index contributed by atoms with van der Waals surface area (Å²) < 4.78 is 27.9. The lowest BCUT2D eigenvalue weighted by atomic mass is 9.72. The predicted molar refractivity (Wildman–Crippen MR) is 110 cm³/mol. The highest BCUT2D eigenvalue weighted by atomic mass is 32.2. The van der Waals surface area contributed by atoms with Crippen molar-refractivity contribution < 1.29 is 18.3 Å². The molecule has 3 rings (SSSR count). The Kier molecular flexibility index (Phi) is 5.12. The molecule has 1 aliphatic rings. The molecule has 0 aliphatic carbocycles. The van der Waals surface area contributed by atoms with E-state index in [0.29, 0.717) is 12.1 Å². The minimum absolute atomic E-state index is 0.0560. The summed E-state index contributed by atoms with van der Waals surface area (Å²) in [7, 11) is -0.637. The number of fused-ring (bicyclic) bond motifs is 1. The number of carboxylic acids is 1. The Balaban J connectivity index is 1.94. The van der Waals surface area contributed by atoms with Crippen LogP contribution in [0.3, 0.4) is 0 Å². The van der Waals surface area contributed by atoms with Gasteiger partial charge < -0.3 is 10.4 Å². The minimum Gasteiger partial charge on any atom is -0.478 e. The Morgan fingerprint density at radius 2 is 1.93 bits per heavy atom. The first kappa shape index (κ1) is 20.2. The van der Waals surface area contributed by atoms with Gasteiger partial charge in [0.1, 0.15) is 0 Å². The van der Waals surface area contributed by atoms with Crippen molar-refractivity contribution >= 4 is 27.6 Å². The van der Waals surface area contributed by atoms with Crippen molar-refractivity contribution in [1.82, 2.24) is 4.31 Å². The highest BCUT2D eigenvalue weighted by Crippen LogP contribution is 2.45. The van der Waals surface area contributed by atoms with Crippen LogP contribution in [-0.2, 0) is 16.6 Å². The molecule has 2 aromatic carbocycles. The monoisotopic (exact) mass is 403 g/mol. The van der Waals surface area contributed by atoms with Gasteiger partial charge in [-0.25, -0.2) is 4.79 Å². The van der Waals surface area contributed by atoms with Crippen LogP contribution in [0.25, 0.3) is 0 Å². The van der Waals surface area contributed by atoms with Gasteiger partial charge in [-0.3, -0.25) is 4.72 Å². The lowest BCUT2D eigenvalue weighted by Crippen LogP contribution is -2.35. The number of hydrogen-bond donors (Lipinski definition) is 3. The van der Waals surface area contributed by atoms with E-state index in [1.807, 2.05) is 18.2 Å². The van der Waals surface area contributed by atoms with Crippen molar-refractivity contribution in [2.24, 2.45) is 5.41 Å². The van der Waals surface area contributed by atoms with Gasteiger partial charge in [0.2, 0.25) is 0 Å². The normalized spacial score (nSPS) is 18.2. The fraction of sp³-hybridized carbons (Fsp3) is 0.350. The third-order valence-corrected chi connectivity index (χ3v) is 6.48. The number of nitrogens with one attached hydrogen (secondary N) is 2. The summed E-state index contributed by atoms with van der Waals surface area (Å²) in [4.78, 5) is 11.3. The van der Waals surface area contributed by atoms with Gasteiger partial charge in [0.15, 0.2) is 0 Å². The maximum absolute atomic E-state index is 12.1. The first-order valence-corrected chi connectivity index (χ1v) is 10.4. The average molecular weight is 404 g/mol. The quantitative estimate of drug-likeness (QED) is 0.711. The molecule has 150 valence electrons. The molecule has 0 fully saturated rings. The van der Waals surface area contributed by atoms with Crippen LogP contribution in [0.4, 0.5) is 11.4 Å². The molecule has 1 atom stereocenters. The number of nitrogens with zero attached hydrogens (tertiary/aromatic N) is 1. The summed E-state index contributed by atoms with van der Waals surface area (Å²) in [5.74, 6) is -0.941. The third-order valence-electron chi connectivity index (χ3n) is 5.03. The van der Waals surface area contributed by atoms with Gasteiger partial charge in [0.25, 0.3) is 0 Å². The molecular formula is C20H25N3O4S. The molecule has 28 heavy (non-hydrogen) atoms. The van der Waals surface area contributed by atoms with Gasteiger partial charge in [-0.2, -0.15) is 12.7 Å². The summed E-state index contributed by atoms with van der Waals surface area (Å²) in [6, 6.07) is 12.4. The van der Waals surface area contributed by atoms with Crippen LogP contribution >= 0.6 is 0 Å². The predicted octanol–water partition coefficient (Wildman–Crippen LogP) is 3.34. The number of benzene rings is 2. The number of rotatable bonds is 5. The summed E-state index contributed by atoms with van der Waals surface area (Å²) in [6.45, 7) is 4.22. The molecule has 1 aliphatic heterocycles. The first-order chi connectivity index (χ1) is 13.0. The maximum atomic E-state index is 12.1. The highest BCUT2D eigenvalue weighted by Gasteiger charge is 2.36. The average Bonchev–Trinajstić information content (AvgIpc) is 2.59. The summed E-state index contributed by atoms with van der Waals surface area (Å²) in [5.41, 5.74) is 3.38. The van der Waals surface area contributed by atoms with Gasteiger partial charge in [-0.1, -0.05) is 26.0 Å². The van der Waals surface area contributed by atoms with E-state index in [4.69, 9.17) is 0 Å².